The summed E-state index contributed by atoms with van der Waals surface area (Å²) in [7, 11) is -0.923. The van der Waals surface area contributed by atoms with Crippen LogP contribution in [0.15, 0.2) is 36.4 Å². The Labute approximate surface area is 161 Å². The fourth-order valence-electron chi connectivity index (χ4n) is 2.42. The molecule has 0 atom stereocenters. The molecule has 0 radical (unpaired) electrons. The summed E-state index contributed by atoms with van der Waals surface area (Å²) in [5.41, 5.74) is 0.549. The second-order valence-electron chi connectivity index (χ2n) is 5.83. The maximum Gasteiger partial charge on any atom is 0.241 e. The number of methoxy groups -OCH3 is 2. The normalized spacial score (nSPS) is 11.0. The molecule has 0 heterocycles. The molecule has 0 aliphatic rings. The van der Waals surface area contributed by atoms with Gasteiger partial charge in [0.2, 0.25) is 15.9 Å². The van der Waals surface area contributed by atoms with E-state index < -0.39 is 34.1 Å². The number of benzene rings is 2. The maximum atomic E-state index is 13.4. The lowest BCUT2D eigenvalue weighted by atomic mass is 10.2. The molecular weight excluding hydrogens is 394 g/mol. The summed E-state index contributed by atoms with van der Waals surface area (Å²) in [6.45, 7) is -0.480. The molecular formula is C18H20F2N2O5S. The number of ether oxygens (including phenoxy) is 2. The number of carbonyl (C=O) groups excluding carboxylic acids is 1. The van der Waals surface area contributed by atoms with Crippen LogP contribution in [0.5, 0.6) is 11.5 Å². The van der Waals surface area contributed by atoms with Crippen LogP contribution >= 0.6 is 0 Å². The predicted molar refractivity (Wildman–Crippen MR) is 99.9 cm³/mol. The molecule has 0 saturated carbocycles. The average Bonchev–Trinajstić information content (AvgIpc) is 2.65. The first kappa shape index (κ1) is 21.4. The van der Waals surface area contributed by atoms with Gasteiger partial charge in [0.05, 0.1) is 26.2 Å². The number of halogens is 2. The third-order valence-electron chi connectivity index (χ3n) is 3.82. The molecule has 0 aliphatic heterocycles. The van der Waals surface area contributed by atoms with Crippen LogP contribution in [0.4, 0.5) is 14.5 Å². The monoisotopic (exact) mass is 414 g/mol. The zero-order chi connectivity index (χ0) is 20.9. The Kier molecular flexibility index (Phi) is 6.79. The van der Waals surface area contributed by atoms with Crippen LogP contribution in [0.3, 0.4) is 0 Å². The molecule has 2 aromatic carbocycles. The van der Waals surface area contributed by atoms with Gasteiger partial charge in [0, 0.05) is 12.6 Å². The lowest BCUT2D eigenvalue weighted by Crippen LogP contribution is -2.40. The minimum Gasteiger partial charge on any atom is -0.493 e. The van der Waals surface area contributed by atoms with Gasteiger partial charge in [-0.2, -0.15) is 0 Å². The summed E-state index contributed by atoms with van der Waals surface area (Å²) in [6, 6.07) is 7.65. The average molecular weight is 414 g/mol. The summed E-state index contributed by atoms with van der Waals surface area (Å²) < 4.78 is 61.5. The third-order valence-corrected chi connectivity index (χ3v) is 4.96. The predicted octanol–water partition coefficient (Wildman–Crippen LogP) is 2.06. The van der Waals surface area contributed by atoms with Gasteiger partial charge in [-0.25, -0.2) is 17.2 Å². The van der Waals surface area contributed by atoms with Gasteiger partial charge in [0.1, 0.15) is 6.54 Å². The van der Waals surface area contributed by atoms with Gasteiger partial charge in [0.15, 0.2) is 23.1 Å². The number of hydrogen-bond donors (Lipinski definition) is 1. The number of nitrogens with zero attached hydrogens (tertiary/aromatic N) is 1. The van der Waals surface area contributed by atoms with E-state index in [0.29, 0.717) is 21.4 Å². The molecule has 1 N–H and O–H groups in total. The van der Waals surface area contributed by atoms with Crippen molar-refractivity contribution >= 4 is 21.6 Å². The van der Waals surface area contributed by atoms with Crippen molar-refractivity contribution in [1.82, 2.24) is 5.32 Å². The van der Waals surface area contributed by atoms with Gasteiger partial charge in [0.25, 0.3) is 0 Å². The van der Waals surface area contributed by atoms with Crippen molar-refractivity contribution in [2.24, 2.45) is 0 Å². The van der Waals surface area contributed by atoms with Gasteiger partial charge in [-0.1, -0.05) is 6.07 Å². The van der Waals surface area contributed by atoms with Crippen LogP contribution in [-0.4, -0.2) is 41.3 Å². The van der Waals surface area contributed by atoms with E-state index in [1.165, 1.54) is 14.2 Å². The van der Waals surface area contributed by atoms with Crippen molar-refractivity contribution in [2.75, 3.05) is 31.3 Å². The molecule has 0 bridgehead atoms. The highest BCUT2D eigenvalue weighted by Crippen LogP contribution is 2.27. The van der Waals surface area contributed by atoms with E-state index in [4.69, 9.17) is 9.47 Å². The highest BCUT2D eigenvalue weighted by molar-refractivity contribution is 7.92. The highest BCUT2D eigenvalue weighted by Gasteiger charge is 2.22. The number of sulfonamides is 1. The number of carbonyl (C=O) groups is 1. The van der Waals surface area contributed by atoms with Crippen LogP contribution in [-0.2, 0) is 21.4 Å². The molecule has 0 aliphatic carbocycles. The van der Waals surface area contributed by atoms with Crippen LogP contribution in [0.25, 0.3) is 0 Å². The Balaban J connectivity index is 2.11. The van der Waals surface area contributed by atoms with Gasteiger partial charge in [-0.3, -0.25) is 9.10 Å². The first-order valence-electron chi connectivity index (χ1n) is 8.06. The number of anilines is 1. The minimum absolute atomic E-state index is 0.106. The second-order valence-corrected chi connectivity index (χ2v) is 7.74. The van der Waals surface area contributed by atoms with Crippen molar-refractivity contribution in [2.45, 2.75) is 6.54 Å². The van der Waals surface area contributed by atoms with Gasteiger partial charge in [-0.05, 0) is 29.8 Å². The lowest BCUT2D eigenvalue weighted by molar-refractivity contribution is -0.119. The van der Waals surface area contributed by atoms with Crippen LogP contribution in [0.2, 0.25) is 0 Å². The molecule has 0 unspecified atom stereocenters. The topological polar surface area (TPSA) is 84.9 Å². The Hall–Kier alpha value is -2.88. The fraction of sp³-hybridized carbons (Fsp3) is 0.278. The smallest absolute Gasteiger partial charge is 0.241 e. The zero-order valence-electron chi connectivity index (χ0n) is 15.5. The van der Waals surface area contributed by atoms with Crippen molar-refractivity contribution in [3.63, 3.8) is 0 Å². The number of rotatable bonds is 8. The summed E-state index contributed by atoms with van der Waals surface area (Å²) >= 11 is 0. The molecule has 0 spiro atoms. The van der Waals surface area contributed by atoms with Crippen LogP contribution in [0.1, 0.15) is 5.56 Å². The zero-order valence-corrected chi connectivity index (χ0v) is 16.3. The molecule has 28 heavy (non-hydrogen) atoms. The van der Waals surface area contributed by atoms with Crippen LogP contribution in [0, 0.1) is 11.6 Å². The van der Waals surface area contributed by atoms with Crippen molar-refractivity contribution < 1.29 is 31.5 Å². The number of amides is 1. The maximum absolute atomic E-state index is 13.4. The highest BCUT2D eigenvalue weighted by atomic mass is 32.2. The first-order chi connectivity index (χ1) is 13.2. The Morgan fingerprint density at radius 3 is 2.29 bits per heavy atom. The molecule has 7 nitrogen and oxygen atoms in total. The largest absolute Gasteiger partial charge is 0.493 e. The van der Waals surface area contributed by atoms with Gasteiger partial charge in [-0.15, -0.1) is 0 Å². The Bertz CT molecular complexity index is 966. The first-order valence-corrected chi connectivity index (χ1v) is 9.91. The van der Waals surface area contributed by atoms with Crippen LogP contribution < -0.4 is 19.1 Å². The molecule has 0 fully saturated rings. The van der Waals surface area contributed by atoms with E-state index in [2.05, 4.69) is 5.32 Å². The minimum atomic E-state index is -3.90. The fourth-order valence-corrected chi connectivity index (χ4v) is 3.27. The summed E-state index contributed by atoms with van der Waals surface area (Å²) in [5, 5.41) is 2.58. The second kappa shape index (κ2) is 8.87. The van der Waals surface area contributed by atoms with Gasteiger partial charge < -0.3 is 14.8 Å². The van der Waals surface area contributed by atoms with E-state index in [0.717, 1.165) is 24.5 Å². The number of hydrogen-bond acceptors (Lipinski definition) is 5. The molecule has 2 rings (SSSR count). The summed E-state index contributed by atoms with van der Waals surface area (Å²) in [5.74, 6) is -1.94. The molecule has 1 amide bonds. The lowest BCUT2D eigenvalue weighted by Gasteiger charge is -2.22. The standard InChI is InChI=1S/C18H20F2N2O5S/c1-26-16-7-4-12(8-17(16)27-2)10-21-18(23)11-22(28(3,24)25)13-5-6-14(19)15(20)9-13/h4-9H,10-11H2,1-3H3,(H,21,23). The van der Waals surface area contributed by atoms with E-state index in [1.54, 1.807) is 18.2 Å². The molecule has 2 aromatic rings. The summed E-state index contributed by atoms with van der Waals surface area (Å²) in [4.78, 5) is 12.2. The number of nitrogens with one attached hydrogen (secondary N) is 1. The third kappa shape index (κ3) is 5.32. The Morgan fingerprint density at radius 2 is 1.71 bits per heavy atom. The molecule has 0 saturated heterocycles. The van der Waals surface area contributed by atoms with Gasteiger partial charge >= 0.3 is 0 Å². The SMILES string of the molecule is COc1ccc(CNC(=O)CN(c2ccc(F)c(F)c2)S(C)(=O)=O)cc1OC. The molecule has 0 aromatic heterocycles. The van der Waals surface area contributed by atoms with E-state index in [9.17, 15) is 22.0 Å². The van der Waals surface area contributed by atoms with Crippen molar-refractivity contribution in [1.29, 1.82) is 0 Å². The summed E-state index contributed by atoms with van der Waals surface area (Å²) in [6.07, 6.45) is 0.871. The Morgan fingerprint density at radius 1 is 1.04 bits per heavy atom. The molecule has 152 valence electrons. The van der Waals surface area contributed by atoms with E-state index >= 15 is 0 Å². The molecule has 10 heteroatoms. The quantitative estimate of drug-likeness (QED) is 0.715. The van der Waals surface area contributed by atoms with Crippen molar-refractivity contribution in [3.8, 4) is 11.5 Å². The van der Waals surface area contributed by atoms with Crippen molar-refractivity contribution in [3.05, 3.63) is 53.6 Å². The van der Waals surface area contributed by atoms with E-state index in [-0.39, 0.29) is 12.2 Å². The van der Waals surface area contributed by atoms with E-state index in [1.807, 2.05) is 0 Å².